The monoisotopic (exact) mass is 273 g/mol. The maximum Gasteiger partial charge on any atom is 0.416 e. The molecule has 0 saturated heterocycles. The van der Waals surface area contributed by atoms with E-state index in [0.29, 0.717) is 0 Å². The second-order valence-electron chi connectivity index (χ2n) is 5.41. The van der Waals surface area contributed by atoms with Crippen molar-refractivity contribution in [1.82, 2.24) is 5.32 Å². The topological polar surface area (TPSA) is 29.1 Å². The van der Waals surface area contributed by atoms with Gasteiger partial charge in [-0.15, -0.1) is 0 Å². The van der Waals surface area contributed by atoms with Crippen LogP contribution in [0.25, 0.3) is 0 Å². The Morgan fingerprint density at radius 1 is 1.16 bits per heavy atom. The Labute approximate surface area is 111 Å². The van der Waals surface area contributed by atoms with Crippen molar-refractivity contribution in [3.8, 4) is 0 Å². The van der Waals surface area contributed by atoms with Crippen LogP contribution >= 0.6 is 0 Å². The van der Waals surface area contributed by atoms with E-state index in [0.717, 1.165) is 6.07 Å². The smallest absolute Gasteiger partial charge is 0.355 e. The molecule has 0 bridgehead atoms. The lowest BCUT2D eigenvalue weighted by Gasteiger charge is -2.18. The van der Waals surface area contributed by atoms with Gasteiger partial charge in [0.05, 0.1) is 5.56 Å². The van der Waals surface area contributed by atoms with Crippen molar-refractivity contribution in [1.29, 1.82) is 0 Å². The van der Waals surface area contributed by atoms with Crippen molar-refractivity contribution < 1.29 is 18.0 Å². The molecule has 0 radical (unpaired) electrons. The molecule has 106 valence electrons. The maximum absolute atomic E-state index is 12.7. The first-order valence-electron chi connectivity index (χ1n) is 6.06. The molecule has 1 amide bonds. The fourth-order valence-electron chi connectivity index (χ4n) is 1.59. The number of rotatable bonds is 3. The molecule has 19 heavy (non-hydrogen) atoms. The van der Waals surface area contributed by atoms with Crippen LogP contribution in [-0.2, 0) is 17.4 Å². The minimum atomic E-state index is -4.36. The number of hydrogen-bond donors (Lipinski definition) is 1. The fourth-order valence-corrected chi connectivity index (χ4v) is 1.59. The van der Waals surface area contributed by atoms with Crippen LogP contribution in [0.5, 0.6) is 0 Å². The van der Waals surface area contributed by atoms with E-state index in [-0.39, 0.29) is 24.4 Å². The van der Waals surface area contributed by atoms with Gasteiger partial charge in [-0.25, -0.2) is 0 Å². The van der Waals surface area contributed by atoms with E-state index >= 15 is 0 Å². The standard InChI is InChI=1S/C14H18F3NO/c1-13(2,3)12(19)18-9-8-10-6-4-5-7-11(10)14(15,16)17/h4-7H,8-9H2,1-3H3,(H,18,19). The van der Waals surface area contributed by atoms with E-state index in [9.17, 15) is 18.0 Å². The average molecular weight is 273 g/mol. The van der Waals surface area contributed by atoms with E-state index in [1.165, 1.54) is 12.1 Å². The lowest BCUT2D eigenvalue weighted by atomic mass is 9.95. The minimum Gasteiger partial charge on any atom is -0.355 e. The molecule has 0 unspecified atom stereocenters. The van der Waals surface area contributed by atoms with Crippen LogP contribution in [0.2, 0.25) is 0 Å². The van der Waals surface area contributed by atoms with Crippen LogP contribution in [0.15, 0.2) is 24.3 Å². The zero-order valence-corrected chi connectivity index (χ0v) is 11.3. The quantitative estimate of drug-likeness (QED) is 0.898. The molecular weight excluding hydrogens is 255 g/mol. The van der Waals surface area contributed by atoms with Crippen molar-refractivity contribution in [3.05, 3.63) is 35.4 Å². The Morgan fingerprint density at radius 2 is 1.74 bits per heavy atom. The normalized spacial score (nSPS) is 12.3. The van der Waals surface area contributed by atoms with Gasteiger partial charge in [0.2, 0.25) is 5.91 Å². The second kappa shape index (κ2) is 5.63. The summed E-state index contributed by atoms with van der Waals surface area (Å²) >= 11 is 0. The maximum atomic E-state index is 12.7. The molecule has 0 aliphatic carbocycles. The van der Waals surface area contributed by atoms with E-state index in [1.807, 2.05) is 0 Å². The number of hydrogen-bond acceptors (Lipinski definition) is 1. The van der Waals surface area contributed by atoms with E-state index in [1.54, 1.807) is 26.8 Å². The average Bonchev–Trinajstić information content (AvgIpc) is 2.27. The summed E-state index contributed by atoms with van der Waals surface area (Å²) in [6.07, 6.45) is -4.19. The molecule has 0 fully saturated rings. The van der Waals surface area contributed by atoms with Crippen LogP contribution in [0.3, 0.4) is 0 Å². The highest BCUT2D eigenvalue weighted by molar-refractivity contribution is 5.81. The van der Waals surface area contributed by atoms with Gasteiger partial charge in [-0.1, -0.05) is 39.0 Å². The van der Waals surface area contributed by atoms with Gasteiger partial charge in [-0.3, -0.25) is 4.79 Å². The third kappa shape index (κ3) is 4.58. The fraction of sp³-hybridized carbons (Fsp3) is 0.500. The summed E-state index contributed by atoms with van der Waals surface area (Å²) in [4.78, 5) is 11.6. The zero-order valence-electron chi connectivity index (χ0n) is 11.3. The highest BCUT2D eigenvalue weighted by Gasteiger charge is 2.32. The van der Waals surface area contributed by atoms with Gasteiger partial charge in [-0.2, -0.15) is 13.2 Å². The lowest BCUT2D eigenvalue weighted by Crippen LogP contribution is -2.36. The molecule has 1 rings (SSSR count). The summed E-state index contributed by atoms with van der Waals surface area (Å²) in [5, 5.41) is 2.64. The third-order valence-corrected chi connectivity index (χ3v) is 2.68. The van der Waals surface area contributed by atoms with E-state index in [4.69, 9.17) is 0 Å². The molecule has 5 heteroatoms. The molecule has 1 aromatic carbocycles. The van der Waals surface area contributed by atoms with Gasteiger partial charge < -0.3 is 5.32 Å². The van der Waals surface area contributed by atoms with Crippen molar-refractivity contribution in [3.63, 3.8) is 0 Å². The first-order valence-corrected chi connectivity index (χ1v) is 6.06. The van der Waals surface area contributed by atoms with Crippen LogP contribution < -0.4 is 5.32 Å². The molecular formula is C14H18F3NO. The van der Waals surface area contributed by atoms with Gasteiger partial charge in [0.1, 0.15) is 0 Å². The predicted molar refractivity (Wildman–Crippen MR) is 67.6 cm³/mol. The zero-order chi connectivity index (χ0) is 14.7. The molecule has 0 aliphatic rings. The molecule has 0 atom stereocenters. The Balaban J connectivity index is 2.67. The Hall–Kier alpha value is -1.52. The molecule has 0 aromatic heterocycles. The summed E-state index contributed by atoms with van der Waals surface area (Å²) < 4.78 is 38.2. The van der Waals surface area contributed by atoms with Crippen molar-refractivity contribution in [2.24, 2.45) is 5.41 Å². The number of halogens is 3. The highest BCUT2D eigenvalue weighted by atomic mass is 19.4. The van der Waals surface area contributed by atoms with Crippen LogP contribution in [0, 0.1) is 5.41 Å². The largest absolute Gasteiger partial charge is 0.416 e. The van der Waals surface area contributed by atoms with E-state index in [2.05, 4.69) is 5.32 Å². The molecule has 0 saturated carbocycles. The van der Waals surface area contributed by atoms with Crippen LogP contribution in [0.4, 0.5) is 13.2 Å². The predicted octanol–water partition coefficient (Wildman–Crippen LogP) is 3.41. The summed E-state index contributed by atoms with van der Waals surface area (Å²) in [6, 6.07) is 5.42. The molecule has 0 spiro atoms. The molecule has 1 N–H and O–H groups in total. The first-order chi connectivity index (χ1) is 8.62. The molecule has 2 nitrogen and oxygen atoms in total. The number of carbonyl (C=O) groups excluding carboxylic acids is 1. The SMILES string of the molecule is CC(C)(C)C(=O)NCCc1ccccc1C(F)(F)F. The summed E-state index contributed by atoms with van der Waals surface area (Å²) in [7, 11) is 0. The van der Waals surface area contributed by atoms with Crippen molar-refractivity contribution in [2.75, 3.05) is 6.54 Å². The third-order valence-electron chi connectivity index (χ3n) is 2.68. The molecule has 1 aromatic rings. The van der Waals surface area contributed by atoms with Crippen LogP contribution in [-0.4, -0.2) is 12.5 Å². The second-order valence-corrected chi connectivity index (χ2v) is 5.41. The molecule has 0 aliphatic heterocycles. The first kappa shape index (κ1) is 15.5. The number of alkyl halides is 3. The number of benzene rings is 1. The van der Waals surface area contributed by atoms with Gasteiger partial charge in [0, 0.05) is 12.0 Å². The van der Waals surface area contributed by atoms with Crippen LogP contribution in [0.1, 0.15) is 31.9 Å². The number of carbonyl (C=O) groups is 1. The minimum absolute atomic E-state index is 0.164. The number of amides is 1. The highest BCUT2D eigenvalue weighted by Crippen LogP contribution is 2.31. The Kier molecular flexibility index (Phi) is 4.61. The Morgan fingerprint density at radius 3 is 2.26 bits per heavy atom. The summed E-state index contributed by atoms with van der Waals surface area (Å²) in [5.41, 5.74) is -0.979. The van der Waals surface area contributed by atoms with Gasteiger partial charge in [-0.05, 0) is 18.1 Å². The number of nitrogens with one attached hydrogen (secondary N) is 1. The summed E-state index contributed by atoms with van der Waals surface area (Å²) in [6.45, 7) is 5.47. The van der Waals surface area contributed by atoms with Crippen molar-refractivity contribution in [2.45, 2.75) is 33.4 Å². The van der Waals surface area contributed by atoms with E-state index < -0.39 is 17.2 Å². The van der Waals surface area contributed by atoms with Gasteiger partial charge in [0.25, 0.3) is 0 Å². The summed E-state index contributed by atoms with van der Waals surface area (Å²) in [5.74, 6) is -0.169. The van der Waals surface area contributed by atoms with Crippen molar-refractivity contribution >= 4 is 5.91 Å². The Bertz CT molecular complexity index is 447. The van der Waals surface area contributed by atoms with Gasteiger partial charge in [0.15, 0.2) is 0 Å². The lowest BCUT2D eigenvalue weighted by molar-refractivity contribution is -0.138. The molecule has 0 heterocycles. The van der Waals surface area contributed by atoms with Gasteiger partial charge >= 0.3 is 6.18 Å².